The summed E-state index contributed by atoms with van der Waals surface area (Å²) in [6.45, 7) is 4.60. The third-order valence-electron chi connectivity index (χ3n) is 2.92. The average molecular weight is 284 g/mol. The highest BCUT2D eigenvalue weighted by Gasteiger charge is 2.19. The lowest BCUT2D eigenvalue weighted by molar-refractivity contribution is 0.0595. The minimum absolute atomic E-state index is 0.178. The van der Waals surface area contributed by atoms with E-state index >= 15 is 0 Å². The molecule has 1 heterocycles. The first-order valence-electron chi connectivity index (χ1n) is 6.66. The second kappa shape index (κ2) is 7.86. The molecule has 0 bridgehead atoms. The third-order valence-corrected chi connectivity index (χ3v) is 2.92. The van der Waals surface area contributed by atoms with E-state index in [2.05, 4.69) is 14.6 Å². The Bertz CT molecular complexity index is 443. The van der Waals surface area contributed by atoms with Crippen LogP contribution in [0.2, 0.25) is 0 Å². The number of nitrogen functional groups attached to an aromatic ring is 1. The van der Waals surface area contributed by atoms with Gasteiger partial charge in [-0.05, 0) is 14.1 Å². The van der Waals surface area contributed by atoms with Gasteiger partial charge in [0, 0.05) is 19.5 Å². The quantitative estimate of drug-likeness (QED) is 0.549. The fraction of sp³-hybridized carbons (Fsp3) is 0.692. The molecule has 0 aliphatic heterocycles. The number of aromatic nitrogens is 2. The zero-order valence-electron chi connectivity index (χ0n) is 12.7. The minimum Gasteiger partial charge on any atom is -0.464 e. The molecule has 1 rings (SSSR count). The van der Waals surface area contributed by atoms with Crippen LogP contribution in [0.3, 0.4) is 0 Å². The van der Waals surface area contributed by atoms with E-state index in [1.165, 1.54) is 7.11 Å². The summed E-state index contributed by atoms with van der Waals surface area (Å²) in [6, 6.07) is 0. The smallest absolute Gasteiger partial charge is 0.360 e. The van der Waals surface area contributed by atoms with Crippen LogP contribution in [-0.2, 0) is 22.4 Å². The second-order valence-electron chi connectivity index (χ2n) is 4.67. The molecule has 0 unspecified atom stereocenters. The van der Waals surface area contributed by atoms with Gasteiger partial charge in [-0.15, -0.1) is 0 Å². The Labute approximate surface area is 119 Å². The molecule has 114 valence electrons. The maximum Gasteiger partial charge on any atom is 0.360 e. The fourth-order valence-electron chi connectivity index (χ4n) is 1.78. The molecule has 0 fully saturated rings. The van der Waals surface area contributed by atoms with E-state index in [0.29, 0.717) is 32.0 Å². The van der Waals surface area contributed by atoms with E-state index in [0.717, 1.165) is 12.4 Å². The molecular formula is C13H24N4O3. The zero-order valence-corrected chi connectivity index (χ0v) is 12.7. The lowest BCUT2D eigenvalue weighted by Gasteiger charge is -2.12. The van der Waals surface area contributed by atoms with Crippen LogP contribution in [0.15, 0.2) is 0 Å². The summed E-state index contributed by atoms with van der Waals surface area (Å²) in [5.41, 5.74) is 6.13. The number of carbonyl (C=O) groups excluding carboxylic acids is 1. The largest absolute Gasteiger partial charge is 0.464 e. The van der Waals surface area contributed by atoms with E-state index in [9.17, 15) is 4.79 Å². The normalized spacial score (nSPS) is 11.1. The van der Waals surface area contributed by atoms with Gasteiger partial charge in [-0.25, -0.2) is 9.78 Å². The highest BCUT2D eigenvalue weighted by atomic mass is 16.5. The van der Waals surface area contributed by atoms with Crippen molar-refractivity contribution in [1.29, 1.82) is 0 Å². The number of anilines is 1. The summed E-state index contributed by atoms with van der Waals surface area (Å²) in [5.74, 6) is 0.591. The van der Waals surface area contributed by atoms with Crippen molar-refractivity contribution in [3.63, 3.8) is 0 Å². The summed E-state index contributed by atoms with van der Waals surface area (Å²) < 4.78 is 12.0. The van der Waals surface area contributed by atoms with Crippen LogP contribution in [-0.4, -0.2) is 61.4 Å². The van der Waals surface area contributed by atoms with Gasteiger partial charge < -0.3 is 24.7 Å². The molecular weight excluding hydrogens is 260 g/mol. The van der Waals surface area contributed by atoms with Crippen molar-refractivity contribution in [2.75, 3.05) is 46.7 Å². The standard InChI is InChI=1S/C13H24N4O3/c1-5-10-15-11(13(18)19-4)12(14)17(10)7-9-20-8-6-16(2)3/h5-9,14H2,1-4H3. The van der Waals surface area contributed by atoms with Gasteiger partial charge in [-0.2, -0.15) is 0 Å². The number of ether oxygens (including phenoxy) is 2. The molecule has 0 saturated carbocycles. The SMILES string of the molecule is CCc1nc(C(=O)OC)c(N)n1CCOCCN(C)C. The number of rotatable bonds is 8. The Morgan fingerprint density at radius 1 is 1.40 bits per heavy atom. The van der Waals surface area contributed by atoms with Crippen molar-refractivity contribution in [2.24, 2.45) is 0 Å². The summed E-state index contributed by atoms with van der Waals surface area (Å²) in [6.07, 6.45) is 0.693. The first-order chi connectivity index (χ1) is 9.51. The topological polar surface area (TPSA) is 82.6 Å². The molecule has 0 aliphatic carbocycles. The van der Waals surface area contributed by atoms with Gasteiger partial charge in [0.1, 0.15) is 11.6 Å². The molecule has 0 aromatic carbocycles. The number of likely N-dealkylation sites (N-methyl/N-ethyl adjacent to an activating group) is 1. The van der Waals surface area contributed by atoms with Crippen molar-refractivity contribution in [3.8, 4) is 0 Å². The maximum atomic E-state index is 11.6. The highest BCUT2D eigenvalue weighted by molar-refractivity contribution is 5.92. The molecule has 1 aromatic heterocycles. The number of imidazole rings is 1. The monoisotopic (exact) mass is 284 g/mol. The Kier molecular flexibility index (Phi) is 6.47. The van der Waals surface area contributed by atoms with Gasteiger partial charge >= 0.3 is 5.97 Å². The molecule has 2 N–H and O–H groups in total. The molecule has 20 heavy (non-hydrogen) atoms. The second-order valence-corrected chi connectivity index (χ2v) is 4.67. The number of carbonyl (C=O) groups is 1. The number of methoxy groups -OCH3 is 1. The molecule has 7 heteroatoms. The van der Waals surface area contributed by atoms with E-state index in [1.807, 2.05) is 25.6 Å². The van der Waals surface area contributed by atoms with Gasteiger partial charge in [0.05, 0.1) is 20.3 Å². The molecule has 0 saturated heterocycles. The summed E-state index contributed by atoms with van der Waals surface area (Å²) >= 11 is 0. The van der Waals surface area contributed by atoms with E-state index in [-0.39, 0.29) is 5.69 Å². The first kappa shape index (κ1) is 16.5. The van der Waals surface area contributed by atoms with Crippen LogP contribution in [0.4, 0.5) is 5.82 Å². The number of hydrogen-bond donors (Lipinski definition) is 1. The van der Waals surface area contributed by atoms with Crippen LogP contribution < -0.4 is 5.73 Å². The zero-order chi connectivity index (χ0) is 15.1. The Hall–Kier alpha value is -1.60. The minimum atomic E-state index is -0.510. The van der Waals surface area contributed by atoms with Crippen molar-refractivity contribution >= 4 is 11.8 Å². The van der Waals surface area contributed by atoms with Crippen LogP contribution in [0.25, 0.3) is 0 Å². The molecule has 1 aromatic rings. The predicted molar refractivity (Wildman–Crippen MR) is 76.7 cm³/mol. The van der Waals surface area contributed by atoms with E-state index in [4.69, 9.17) is 10.5 Å². The third kappa shape index (κ3) is 4.21. The van der Waals surface area contributed by atoms with Gasteiger partial charge in [0.25, 0.3) is 0 Å². The van der Waals surface area contributed by atoms with Crippen molar-refractivity contribution in [2.45, 2.75) is 19.9 Å². The van der Waals surface area contributed by atoms with Crippen molar-refractivity contribution < 1.29 is 14.3 Å². The summed E-state index contributed by atoms with van der Waals surface area (Å²) in [5, 5.41) is 0. The van der Waals surface area contributed by atoms with Gasteiger partial charge in [-0.3, -0.25) is 0 Å². The van der Waals surface area contributed by atoms with Crippen LogP contribution in [0, 0.1) is 0 Å². The first-order valence-corrected chi connectivity index (χ1v) is 6.66. The van der Waals surface area contributed by atoms with Gasteiger partial charge in [0.15, 0.2) is 5.69 Å². The number of aryl methyl sites for hydroxylation is 1. The molecule has 0 aliphatic rings. The molecule has 0 radical (unpaired) electrons. The van der Waals surface area contributed by atoms with Crippen LogP contribution >= 0.6 is 0 Å². The average Bonchev–Trinajstić information content (AvgIpc) is 2.74. The van der Waals surface area contributed by atoms with Crippen LogP contribution in [0.5, 0.6) is 0 Å². The predicted octanol–water partition coefficient (Wildman–Crippen LogP) is 0.393. The van der Waals surface area contributed by atoms with E-state index < -0.39 is 5.97 Å². The maximum absolute atomic E-state index is 11.6. The fourth-order valence-corrected chi connectivity index (χ4v) is 1.78. The lowest BCUT2D eigenvalue weighted by Crippen LogP contribution is -2.20. The number of hydrogen-bond acceptors (Lipinski definition) is 6. The molecule has 0 atom stereocenters. The molecule has 0 amide bonds. The molecule has 7 nitrogen and oxygen atoms in total. The number of nitrogens with zero attached hydrogens (tertiary/aromatic N) is 3. The van der Waals surface area contributed by atoms with Crippen molar-refractivity contribution in [1.82, 2.24) is 14.5 Å². The van der Waals surface area contributed by atoms with Gasteiger partial charge in [0.2, 0.25) is 0 Å². The van der Waals surface area contributed by atoms with Gasteiger partial charge in [-0.1, -0.05) is 6.92 Å². The highest BCUT2D eigenvalue weighted by Crippen LogP contribution is 2.16. The molecule has 0 spiro atoms. The number of esters is 1. The summed E-state index contributed by atoms with van der Waals surface area (Å²) in [4.78, 5) is 17.8. The summed E-state index contributed by atoms with van der Waals surface area (Å²) in [7, 11) is 5.31. The Balaban J connectivity index is 2.64. The van der Waals surface area contributed by atoms with Crippen LogP contribution in [0.1, 0.15) is 23.2 Å². The van der Waals surface area contributed by atoms with Crippen molar-refractivity contribution in [3.05, 3.63) is 11.5 Å². The van der Waals surface area contributed by atoms with E-state index in [1.54, 1.807) is 0 Å². The number of nitrogens with two attached hydrogens (primary N) is 1. The lowest BCUT2D eigenvalue weighted by atomic mass is 10.4. The Morgan fingerprint density at radius 3 is 2.65 bits per heavy atom. The Morgan fingerprint density at radius 2 is 2.10 bits per heavy atom.